The van der Waals surface area contributed by atoms with Gasteiger partial charge in [-0.05, 0) is 61.1 Å². The molecule has 0 radical (unpaired) electrons. The fourth-order valence-electron chi connectivity index (χ4n) is 4.03. The van der Waals surface area contributed by atoms with Crippen LogP contribution >= 0.6 is 0 Å². The Morgan fingerprint density at radius 3 is 2.61 bits per heavy atom. The lowest BCUT2D eigenvalue weighted by molar-refractivity contribution is -0.121. The van der Waals surface area contributed by atoms with Gasteiger partial charge in [0.1, 0.15) is 18.1 Å². The van der Waals surface area contributed by atoms with E-state index in [0.29, 0.717) is 23.7 Å². The molecule has 1 fully saturated rings. The molecule has 2 aromatic carbocycles. The first-order valence-corrected chi connectivity index (χ1v) is 9.82. The zero-order chi connectivity index (χ0) is 19.5. The third-order valence-electron chi connectivity index (χ3n) is 5.67. The highest BCUT2D eigenvalue weighted by atomic mass is 16.5. The second-order valence-corrected chi connectivity index (χ2v) is 7.61. The van der Waals surface area contributed by atoms with Crippen LogP contribution in [-0.4, -0.2) is 43.4 Å². The number of ketones is 1. The van der Waals surface area contributed by atoms with Gasteiger partial charge in [0.05, 0.1) is 7.11 Å². The number of amides is 1. The number of hydrogen-bond donors (Lipinski definition) is 0. The number of carbonyl (C=O) groups excluding carboxylic acids is 2. The van der Waals surface area contributed by atoms with Crippen LogP contribution in [0.4, 0.5) is 0 Å². The van der Waals surface area contributed by atoms with Crippen LogP contribution < -0.4 is 9.47 Å². The van der Waals surface area contributed by atoms with E-state index in [4.69, 9.17) is 9.47 Å². The van der Waals surface area contributed by atoms with Gasteiger partial charge in [0, 0.05) is 30.6 Å². The Morgan fingerprint density at radius 1 is 1.14 bits per heavy atom. The maximum absolute atomic E-state index is 12.9. The highest BCUT2D eigenvalue weighted by molar-refractivity contribution is 5.95. The predicted octanol–water partition coefficient (Wildman–Crippen LogP) is 3.29. The monoisotopic (exact) mass is 379 g/mol. The van der Waals surface area contributed by atoms with Crippen molar-refractivity contribution in [3.05, 3.63) is 59.2 Å². The van der Waals surface area contributed by atoms with Gasteiger partial charge in [0.25, 0.3) is 5.91 Å². The number of piperidine rings is 1. The molecule has 0 saturated carbocycles. The highest BCUT2D eigenvalue weighted by Gasteiger charge is 2.25. The van der Waals surface area contributed by atoms with E-state index in [0.717, 1.165) is 43.7 Å². The lowest BCUT2D eigenvalue weighted by Gasteiger charge is -2.32. The molecule has 5 heteroatoms. The number of ether oxygens (including phenoxy) is 2. The van der Waals surface area contributed by atoms with Gasteiger partial charge >= 0.3 is 0 Å². The first kappa shape index (κ1) is 18.5. The maximum atomic E-state index is 12.9. The summed E-state index contributed by atoms with van der Waals surface area (Å²) in [6.45, 7) is 1.67. The molecule has 0 bridgehead atoms. The van der Waals surface area contributed by atoms with E-state index in [1.165, 1.54) is 5.56 Å². The van der Waals surface area contributed by atoms with Gasteiger partial charge in [-0.15, -0.1) is 0 Å². The number of likely N-dealkylation sites (tertiary alicyclic amines) is 1. The molecule has 0 aromatic heterocycles. The zero-order valence-corrected chi connectivity index (χ0v) is 16.1. The summed E-state index contributed by atoms with van der Waals surface area (Å²) in [7, 11) is 1.68. The van der Waals surface area contributed by atoms with E-state index in [1.54, 1.807) is 13.2 Å². The van der Waals surface area contributed by atoms with Gasteiger partial charge in [-0.1, -0.05) is 12.1 Å². The minimum atomic E-state index is 0.0451. The van der Waals surface area contributed by atoms with E-state index >= 15 is 0 Å². The number of rotatable bonds is 4. The van der Waals surface area contributed by atoms with Gasteiger partial charge in [0.2, 0.25) is 0 Å². The number of carbonyl (C=O) groups is 2. The van der Waals surface area contributed by atoms with Crippen molar-refractivity contribution >= 4 is 11.7 Å². The van der Waals surface area contributed by atoms with Crippen LogP contribution in [0, 0.1) is 5.92 Å². The van der Waals surface area contributed by atoms with Crippen molar-refractivity contribution in [2.24, 2.45) is 5.92 Å². The van der Waals surface area contributed by atoms with Crippen LogP contribution in [0.2, 0.25) is 0 Å². The van der Waals surface area contributed by atoms with Gasteiger partial charge in [-0.3, -0.25) is 9.59 Å². The Hall–Kier alpha value is -2.82. The average Bonchev–Trinajstić information content (AvgIpc) is 2.74. The molecule has 146 valence electrons. The van der Waals surface area contributed by atoms with E-state index in [1.807, 2.05) is 29.2 Å². The molecule has 0 spiro atoms. The van der Waals surface area contributed by atoms with Crippen LogP contribution in [0.25, 0.3) is 0 Å². The molecule has 4 rings (SSSR count). The Labute approximate surface area is 165 Å². The van der Waals surface area contributed by atoms with E-state index in [-0.39, 0.29) is 18.3 Å². The molecule has 0 aliphatic carbocycles. The first-order chi connectivity index (χ1) is 13.6. The molecule has 5 nitrogen and oxygen atoms in total. The summed E-state index contributed by atoms with van der Waals surface area (Å²) in [5.41, 5.74) is 2.77. The molecular weight excluding hydrogens is 354 g/mol. The smallest absolute Gasteiger partial charge is 0.253 e. The molecule has 2 aromatic rings. The molecule has 28 heavy (non-hydrogen) atoms. The molecule has 2 aliphatic rings. The van der Waals surface area contributed by atoms with Crippen molar-refractivity contribution in [1.82, 2.24) is 4.90 Å². The van der Waals surface area contributed by atoms with Crippen molar-refractivity contribution in [1.29, 1.82) is 0 Å². The fraction of sp³-hybridized carbons (Fsp3) is 0.391. The number of Topliss-reactive ketones (excluding diaryl/α,β-unsaturated/α-hetero) is 1. The Bertz CT molecular complexity index is 867. The molecule has 2 aliphatic heterocycles. The second-order valence-electron chi connectivity index (χ2n) is 7.61. The molecule has 0 unspecified atom stereocenters. The van der Waals surface area contributed by atoms with Crippen LogP contribution in [0.3, 0.4) is 0 Å². The van der Waals surface area contributed by atoms with Crippen molar-refractivity contribution in [2.45, 2.75) is 25.7 Å². The van der Waals surface area contributed by atoms with Crippen LogP contribution in [0.1, 0.15) is 34.3 Å². The van der Waals surface area contributed by atoms with Crippen LogP contribution in [0.5, 0.6) is 11.5 Å². The summed E-state index contributed by atoms with van der Waals surface area (Å²) in [5, 5.41) is 0. The Morgan fingerprint density at radius 2 is 1.89 bits per heavy atom. The fourth-order valence-corrected chi connectivity index (χ4v) is 4.03. The SMILES string of the molecule is COc1ccc(CC2CCN(C(=O)c3ccc4c(c3)CC(=O)CO4)CC2)cc1. The van der Waals surface area contributed by atoms with Crippen LogP contribution in [0.15, 0.2) is 42.5 Å². The standard InChI is InChI=1S/C23H25NO4/c1-27-21-5-2-16(3-6-21)12-17-8-10-24(11-9-17)23(26)18-4-7-22-19(13-18)14-20(25)15-28-22/h2-7,13,17H,8-12,14-15H2,1H3. The summed E-state index contributed by atoms with van der Waals surface area (Å²) in [6.07, 6.45) is 3.39. The maximum Gasteiger partial charge on any atom is 0.253 e. The average molecular weight is 379 g/mol. The predicted molar refractivity (Wildman–Crippen MR) is 106 cm³/mol. The van der Waals surface area contributed by atoms with Crippen LogP contribution in [-0.2, 0) is 17.6 Å². The Kier molecular flexibility index (Phi) is 5.33. The molecule has 2 heterocycles. The van der Waals surface area contributed by atoms with Gasteiger partial charge in [-0.25, -0.2) is 0 Å². The number of nitrogens with zero attached hydrogens (tertiary/aromatic N) is 1. The third kappa shape index (κ3) is 4.03. The lowest BCUT2D eigenvalue weighted by Crippen LogP contribution is -2.39. The zero-order valence-electron chi connectivity index (χ0n) is 16.1. The van der Waals surface area contributed by atoms with Crippen molar-refractivity contribution in [3.63, 3.8) is 0 Å². The number of hydrogen-bond acceptors (Lipinski definition) is 4. The number of fused-ring (bicyclic) bond motifs is 1. The highest BCUT2D eigenvalue weighted by Crippen LogP contribution is 2.27. The lowest BCUT2D eigenvalue weighted by atomic mass is 9.90. The Balaban J connectivity index is 1.35. The molecular formula is C23H25NO4. The normalized spacial score (nSPS) is 17.0. The first-order valence-electron chi connectivity index (χ1n) is 9.82. The second kappa shape index (κ2) is 8.05. The summed E-state index contributed by atoms with van der Waals surface area (Å²) in [5.74, 6) is 2.28. The van der Waals surface area contributed by atoms with Crippen molar-refractivity contribution in [3.8, 4) is 11.5 Å². The van der Waals surface area contributed by atoms with Crippen molar-refractivity contribution < 1.29 is 19.1 Å². The molecule has 0 atom stereocenters. The molecule has 1 amide bonds. The number of benzene rings is 2. The summed E-state index contributed by atoms with van der Waals surface area (Å²) in [6, 6.07) is 13.7. The summed E-state index contributed by atoms with van der Waals surface area (Å²) < 4.78 is 10.6. The van der Waals surface area contributed by atoms with Gasteiger partial charge in [-0.2, -0.15) is 0 Å². The molecule has 0 N–H and O–H groups in total. The quantitative estimate of drug-likeness (QED) is 0.818. The summed E-state index contributed by atoms with van der Waals surface area (Å²) in [4.78, 5) is 26.4. The van der Waals surface area contributed by atoms with E-state index in [2.05, 4.69) is 12.1 Å². The minimum absolute atomic E-state index is 0.0451. The third-order valence-corrected chi connectivity index (χ3v) is 5.67. The minimum Gasteiger partial charge on any atom is -0.497 e. The largest absolute Gasteiger partial charge is 0.497 e. The van der Waals surface area contributed by atoms with Crippen molar-refractivity contribution in [2.75, 3.05) is 26.8 Å². The van der Waals surface area contributed by atoms with Gasteiger partial charge < -0.3 is 14.4 Å². The van der Waals surface area contributed by atoms with E-state index < -0.39 is 0 Å². The summed E-state index contributed by atoms with van der Waals surface area (Å²) >= 11 is 0. The molecule has 1 saturated heterocycles. The topological polar surface area (TPSA) is 55.8 Å². The number of methoxy groups -OCH3 is 1. The van der Waals surface area contributed by atoms with E-state index in [9.17, 15) is 9.59 Å². The van der Waals surface area contributed by atoms with Gasteiger partial charge in [0.15, 0.2) is 5.78 Å².